The summed E-state index contributed by atoms with van der Waals surface area (Å²) in [6, 6.07) is 16.1. The van der Waals surface area contributed by atoms with Crippen LogP contribution >= 0.6 is 0 Å². The number of carbonyl (C=O) groups excluding carboxylic acids is 1. The first kappa shape index (κ1) is 19.6. The number of carbonyl (C=O) groups is 1. The summed E-state index contributed by atoms with van der Waals surface area (Å²) in [5.74, 6) is 0.216. The van der Waals surface area contributed by atoms with Gasteiger partial charge in [0.25, 0.3) is 11.5 Å². The number of nitrogens with zero attached hydrogens (tertiary/aromatic N) is 1. The molecule has 6 heteroatoms. The number of pyridine rings is 1. The van der Waals surface area contributed by atoms with Gasteiger partial charge in [-0.15, -0.1) is 0 Å². The highest BCUT2D eigenvalue weighted by Crippen LogP contribution is 2.24. The average Bonchev–Trinajstić information content (AvgIpc) is 2.72. The number of nitrogens with one attached hydrogen (secondary N) is 2. The first-order chi connectivity index (χ1) is 13.6. The second-order valence-electron chi connectivity index (χ2n) is 6.43. The maximum absolute atomic E-state index is 12.7. The summed E-state index contributed by atoms with van der Waals surface area (Å²) >= 11 is 0. The molecule has 0 bridgehead atoms. The van der Waals surface area contributed by atoms with Gasteiger partial charge < -0.3 is 19.9 Å². The van der Waals surface area contributed by atoms with Crippen LogP contribution in [0.1, 0.15) is 24.3 Å². The maximum atomic E-state index is 12.7. The van der Waals surface area contributed by atoms with Crippen LogP contribution in [0, 0.1) is 0 Å². The van der Waals surface area contributed by atoms with Crippen LogP contribution in [-0.4, -0.2) is 42.0 Å². The van der Waals surface area contributed by atoms with Gasteiger partial charge in [-0.25, -0.2) is 0 Å². The Bertz CT molecular complexity index is 1010. The highest BCUT2D eigenvalue weighted by atomic mass is 16.5. The van der Waals surface area contributed by atoms with Gasteiger partial charge in [-0.1, -0.05) is 44.2 Å². The zero-order valence-corrected chi connectivity index (χ0v) is 16.2. The van der Waals surface area contributed by atoms with Crippen molar-refractivity contribution in [1.82, 2.24) is 9.88 Å². The summed E-state index contributed by atoms with van der Waals surface area (Å²) in [5, 5.41) is 4.11. The summed E-state index contributed by atoms with van der Waals surface area (Å²) in [4.78, 5) is 29.8. The standard InChI is InChI=1S/C22H25N3O3/c1-3-25(4-2)13-14-28-20-12-8-7-11-18(20)23-22(27)19-15-16-9-5-6-10-17(16)21(26)24-19/h5-12,15H,3-4,13-14H2,1-2H3,(H,23,27)(H,24,26). The summed E-state index contributed by atoms with van der Waals surface area (Å²) in [6.45, 7) is 7.50. The lowest BCUT2D eigenvalue weighted by molar-refractivity contribution is 0.102. The number of hydrogen-bond acceptors (Lipinski definition) is 4. The number of anilines is 1. The molecule has 0 saturated heterocycles. The number of fused-ring (bicyclic) bond motifs is 1. The fraction of sp³-hybridized carbons (Fsp3) is 0.273. The minimum Gasteiger partial charge on any atom is -0.490 e. The van der Waals surface area contributed by atoms with Gasteiger partial charge in [0.15, 0.2) is 0 Å². The number of amides is 1. The van der Waals surface area contributed by atoms with Gasteiger partial charge in [0, 0.05) is 11.9 Å². The monoisotopic (exact) mass is 379 g/mol. The Kier molecular flexibility index (Phi) is 6.45. The molecule has 0 aliphatic carbocycles. The molecule has 28 heavy (non-hydrogen) atoms. The van der Waals surface area contributed by atoms with Crippen molar-refractivity contribution in [2.45, 2.75) is 13.8 Å². The Morgan fingerprint density at radius 1 is 1.07 bits per heavy atom. The molecule has 0 saturated carbocycles. The third-order valence-electron chi connectivity index (χ3n) is 4.69. The van der Waals surface area contributed by atoms with E-state index in [1.165, 1.54) is 0 Å². The third kappa shape index (κ3) is 4.58. The number of rotatable bonds is 8. The average molecular weight is 379 g/mol. The molecule has 0 spiro atoms. The van der Waals surface area contributed by atoms with E-state index < -0.39 is 0 Å². The molecular formula is C22H25N3O3. The molecule has 2 N–H and O–H groups in total. The van der Waals surface area contributed by atoms with Gasteiger partial charge in [-0.3, -0.25) is 9.59 Å². The van der Waals surface area contributed by atoms with Crippen LogP contribution in [0.15, 0.2) is 59.4 Å². The fourth-order valence-electron chi connectivity index (χ4n) is 3.04. The number of aromatic amines is 1. The number of ether oxygens (including phenoxy) is 1. The normalized spacial score (nSPS) is 11.0. The molecular weight excluding hydrogens is 354 g/mol. The molecule has 0 unspecified atom stereocenters. The van der Waals surface area contributed by atoms with Crippen LogP contribution in [0.2, 0.25) is 0 Å². The van der Waals surface area contributed by atoms with Gasteiger partial charge in [-0.05, 0) is 42.7 Å². The van der Waals surface area contributed by atoms with Crippen molar-refractivity contribution in [3.05, 3.63) is 70.6 Å². The predicted octanol–water partition coefficient (Wildman–Crippen LogP) is 3.50. The van der Waals surface area contributed by atoms with Crippen molar-refractivity contribution in [1.29, 1.82) is 0 Å². The molecule has 1 heterocycles. The van der Waals surface area contributed by atoms with Crippen LogP contribution < -0.4 is 15.6 Å². The van der Waals surface area contributed by atoms with Crippen molar-refractivity contribution in [2.75, 3.05) is 31.6 Å². The van der Waals surface area contributed by atoms with Crippen LogP contribution in [0.4, 0.5) is 5.69 Å². The smallest absolute Gasteiger partial charge is 0.272 e. The SMILES string of the molecule is CCN(CC)CCOc1ccccc1NC(=O)c1cc2ccccc2c(=O)[nH]1. The number of aromatic nitrogens is 1. The topological polar surface area (TPSA) is 74.4 Å². The Balaban J connectivity index is 1.75. The molecule has 3 rings (SSSR count). The van der Waals surface area contributed by atoms with Crippen molar-refractivity contribution in [3.63, 3.8) is 0 Å². The first-order valence-electron chi connectivity index (χ1n) is 9.50. The number of H-pyrrole nitrogens is 1. The van der Waals surface area contributed by atoms with Crippen LogP contribution in [0.25, 0.3) is 10.8 Å². The Morgan fingerprint density at radius 2 is 1.79 bits per heavy atom. The molecule has 6 nitrogen and oxygen atoms in total. The number of likely N-dealkylation sites (N-methyl/N-ethyl adjacent to an activating group) is 1. The lowest BCUT2D eigenvalue weighted by atomic mass is 10.1. The van der Waals surface area contributed by atoms with E-state index in [4.69, 9.17) is 4.74 Å². The Labute approximate surface area is 164 Å². The summed E-state index contributed by atoms with van der Waals surface area (Å²) < 4.78 is 5.87. The molecule has 2 aromatic carbocycles. The van der Waals surface area contributed by atoms with E-state index in [-0.39, 0.29) is 17.2 Å². The van der Waals surface area contributed by atoms with Gasteiger partial charge >= 0.3 is 0 Å². The number of hydrogen-bond donors (Lipinski definition) is 2. The van der Waals surface area contributed by atoms with E-state index in [0.717, 1.165) is 25.0 Å². The molecule has 0 atom stereocenters. The molecule has 1 amide bonds. The molecule has 0 aliphatic rings. The van der Waals surface area contributed by atoms with Crippen LogP contribution in [-0.2, 0) is 0 Å². The third-order valence-corrected chi connectivity index (χ3v) is 4.69. The second-order valence-corrected chi connectivity index (χ2v) is 6.43. The van der Waals surface area contributed by atoms with Gasteiger partial charge in [0.05, 0.1) is 5.69 Å². The molecule has 146 valence electrons. The Hall–Kier alpha value is -3.12. The first-order valence-corrected chi connectivity index (χ1v) is 9.50. The largest absolute Gasteiger partial charge is 0.490 e. The van der Waals surface area contributed by atoms with Crippen molar-refractivity contribution < 1.29 is 9.53 Å². The van der Waals surface area contributed by atoms with Gasteiger partial charge in [-0.2, -0.15) is 0 Å². The van der Waals surface area contributed by atoms with Crippen molar-refractivity contribution in [3.8, 4) is 5.75 Å². The zero-order chi connectivity index (χ0) is 19.9. The lowest BCUT2D eigenvalue weighted by Crippen LogP contribution is -2.28. The van der Waals surface area contributed by atoms with E-state index >= 15 is 0 Å². The number of benzene rings is 2. The molecule has 0 aliphatic heterocycles. The molecule has 3 aromatic rings. The van der Waals surface area contributed by atoms with E-state index in [9.17, 15) is 9.59 Å². The molecule has 0 fully saturated rings. The zero-order valence-electron chi connectivity index (χ0n) is 16.2. The highest BCUT2D eigenvalue weighted by molar-refractivity contribution is 6.05. The van der Waals surface area contributed by atoms with Crippen LogP contribution in [0.3, 0.4) is 0 Å². The van der Waals surface area contributed by atoms with Gasteiger partial charge in [0.2, 0.25) is 0 Å². The minimum absolute atomic E-state index is 0.210. The van der Waals surface area contributed by atoms with E-state index in [1.807, 2.05) is 30.3 Å². The molecule has 1 aromatic heterocycles. The lowest BCUT2D eigenvalue weighted by Gasteiger charge is -2.19. The van der Waals surface area contributed by atoms with Crippen LogP contribution in [0.5, 0.6) is 5.75 Å². The van der Waals surface area contributed by atoms with Crippen molar-refractivity contribution >= 4 is 22.4 Å². The predicted molar refractivity (Wildman–Crippen MR) is 112 cm³/mol. The highest BCUT2D eigenvalue weighted by Gasteiger charge is 2.12. The maximum Gasteiger partial charge on any atom is 0.272 e. The summed E-state index contributed by atoms with van der Waals surface area (Å²) in [5.41, 5.74) is 0.495. The van der Waals surface area contributed by atoms with Crippen molar-refractivity contribution in [2.24, 2.45) is 0 Å². The van der Waals surface area contributed by atoms with Gasteiger partial charge in [0.1, 0.15) is 18.1 Å². The summed E-state index contributed by atoms with van der Waals surface area (Å²) in [7, 11) is 0. The van der Waals surface area contributed by atoms with E-state index in [2.05, 4.69) is 29.0 Å². The Morgan fingerprint density at radius 3 is 2.57 bits per heavy atom. The second kappa shape index (κ2) is 9.19. The quantitative estimate of drug-likeness (QED) is 0.628. The van der Waals surface area contributed by atoms with E-state index in [1.54, 1.807) is 24.3 Å². The fourth-order valence-corrected chi connectivity index (χ4v) is 3.04. The summed E-state index contributed by atoms with van der Waals surface area (Å²) in [6.07, 6.45) is 0. The minimum atomic E-state index is -0.386. The van der Waals surface area contributed by atoms with E-state index in [0.29, 0.717) is 23.4 Å². The number of para-hydroxylation sites is 2. The molecule has 0 radical (unpaired) electrons.